The summed E-state index contributed by atoms with van der Waals surface area (Å²) in [7, 11) is 0. The normalized spacial score (nSPS) is 13.1. The number of nitrogens with zero attached hydrogens (tertiary/aromatic N) is 1. The van der Waals surface area contributed by atoms with Crippen molar-refractivity contribution in [1.82, 2.24) is 0 Å². The molecule has 0 bridgehead atoms. The molecular weight excluding hydrogens is 254 g/mol. The van der Waals surface area contributed by atoms with Crippen LogP contribution in [0.2, 0.25) is 0 Å². The number of anilines is 2. The average Bonchev–Trinajstić information content (AvgIpc) is 2.38. The number of hydrogen-bond donors (Lipinski definition) is 3. The average molecular weight is 265 g/mol. The summed E-state index contributed by atoms with van der Waals surface area (Å²) in [5.41, 5.74) is 0.895. The third-order valence-corrected chi connectivity index (χ3v) is 2.84. The number of amides is 1. The second-order valence-corrected chi connectivity index (χ2v) is 4.03. The van der Waals surface area contributed by atoms with Gasteiger partial charge in [0.25, 0.3) is 5.69 Å². The van der Waals surface area contributed by atoms with Gasteiger partial charge in [-0.3, -0.25) is 14.9 Å². The number of nitro groups is 1. The van der Waals surface area contributed by atoms with E-state index in [-0.39, 0.29) is 11.4 Å². The second kappa shape index (κ2) is 4.92. The summed E-state index contributed by atoms with van der Waals surface area (Å²) >= 11 is 0. The van der Waals surface area contributed by atoms with Gasteiger partial charge in [-0.1, -0.05) is 0 Å². The molecule has 0 radical (unpaired) electrons. The van der Waals surface area contributed by atoms with Crippen molar-refractivity contribution in [3.05, 3.63) is 27.8 Å². The van der Waals surface area contributed by atoms with E-state index < -0.39 is 16.8 Å². The van der Waals surface area contributed by atoms with Gasteiger partial charge in [0.2, 0.25) is 0 Å². The standard InChI is InChI=1S/C11H11N3O5/c15-10(11(16)17)13-9-6-2-1-5-12-7(6)3-4-8(9)14(18)19/h3-4,12H,1-2,5H2,(H,13,15)(H,16,17). The summed E-state index contributed by atoms with van der Waals surface area (Å²) < 4.78 is 0. The van der Waals surface area contributed by atoms with Gasteiger partial charge in [0, 0.05) is 23.9 Å². The predicted molar refractivity (Wildman–Crippen MR) is 66.2 cm³/mol. The van der Waals surface area contributed by atoms with Crippen LogP contribution in [-0.4, -0.2) is 28.5 Å². The van der Waals surface area contributed by atoms with Crippen LogP contribution in [0, 0.1) is 10.1 Å². The molecule has 100 valence electrons. The first-order chi connectivity index (χ1) is 9.00. The van der Waals surface area contributed by atoms with Gasteiger partial charge in [-0.15, -0.1) is 0 Å². The number of carbonyl (C=O) groups excluding carboxylic acids is 1. The Morgan fingerprint density at radius 3 is 2.79 bits per heavy atom. The topological polar surface area (TPSA) is 122 Å². The number of hydrogen-bond acceptors (Lipinski definition) is 5. The number of nitro benzene ring substituents is 1. The largest absolute Gasteiger partial charge is 0.474 e. The molecule has 0 saturated carbocycles. The maximum atomic E-state index is 11.2. The van der Waals surface area contributed by atoms with Gasteiger partial charge in [0.1, 0.15) is 5.69 Å². The summed E-state index contributed by atoms with van der Waals surface area (Å²) in [5, 5.41) is 24.7. The quantitative estimate of drug-likeness (QED) is 0.416. The molecule has 1 aromatic rings. The van der Waals surface area contributed by atoms with Crippen molar-refractivity contribution in [2.75, 3.05) is 17.2 Å². The van der Waals surface area contributed by atoms with Gasteiger partial charge in [-0.2, -0.15) is 0 Å². The lowest BCUT2D eigenvalue weighted by Crippen LogP contribution is -2.24. The van der Waals surface area contributed by atoms with E-state index in [1.165, 1.54) is 6.07 Å². The number of carbonyl (C=O) groups is 2. The molecule has 2 rings (SSSR count). The lowest BCUT2D eigenvalue weighted by Gasteiger charge is -2.20. The van der Waals surface area contributed by atoms with Crippen LogP contribution >= 0.6 is 0 Å². The van der Waals surface area contributed by atoms with Crippen molar-refractivity contribution < 1.29 is 19.6 Å². The molecule has 8 nitrogen and oxygen atoms in total. The highest BCUT2D eigenvalue weighted by molar-refractivity contribution is 6.36. The van der Waals surface area contributed by atoms with Crippen molar-refractivity contribution in [2.45, 2.75) is 12.8 Å². The summed E-state index contributed by atoms with van der Waals surface area (Å²) in [6, 6.07) is 2.80. The molecule has 3 N–H and O–H groups in total. The first-order valence-electron chi connectivity index (χ1n) is 5.59. The van der Waals surface area contributed by atoms with Crippen LogP contribution in [-0.2, 0) is 16.0 Å². The first kappa shape index (κ1) is 12.8. The molecule has 1 aliphatic rings. The van der Waals surface area contributed by atoms with Crippen LogP contribution < -0.4 is 10.6 Å². The molecule has 0 fully saturated rings. The molecule has 19 heavy (non-hydrogen) atoms. The first-order valence-corrected chi connectivity index (χ1v) is 5.59. The summed E-state index contributed by atoms with van der Waals surface area (Å²) in [4.78, 5) is 32.1. The van der Waals surface area contributed by atoms with E-state index in [2.05, 4.69) is 10.6 Å². The fraction of sp³-hybridized carbons (Fsp3) is 0.273. The van der Waals surface area contributed by atoms with Crippen molar-refractivity contribution in [2.24, 2.45) is 0 Å². The zero-order valence-corrected chi connectivity index (χ0v) is 9.80. The summed E-state index contributed by atoms with van der Waals surface area (Å²) in [5.74, 6) is -2.97. The Hall–Kier alpha value is -2.64. The number of rotatable bonds is 2. The fourth-order valence-corrected chi connectivity index (χ4v) is 2.01. The number of carboxylic acids is 1. The second-order valence-electron chi connectivity index (χ2n) is 4.03. The minimum atomic E-state index is -1.68. The van der Waals surface area contributed by atoms with Crippen molar-refractivity contribution in [3.63, 3.8) is 0 Å². The molecule has 8 heteroatoms. The molecule has 1 heterocycles. The summed E-state index contributed by atoms with van der Waals surface area (Å²) in [6.45, 7) is 0.733. The maximum absolute atomic E-state index is 11.2. The molecule has 0 aromatic heterocycles. The molecule has 0 atom stereocenters. The molecule has 1 amide bonds. The van der Waals surface area contributed by atoms with Gasteiger partial charge in [0.15, 0.2) is 0 Å². The van der Waals surface area contributed by atoms with Crippen molar-refractivity contribution >= 4 is 28.9 Å². The van der Waals surface area contributed by atoms with E-state index in [9.17, 15) is 19.7 Å². The number of benzene rings is 1. The smallest absolute Gasteiger partial charge is 0.394 e. The van der Waals surface area contributed by atoms with Gasteiger partial charge in [-0.25, -0.2) is 4.79 Å². The van der Waals surface area contributed by atoms with E-state index in [1.807, 2.05) is 0 Å². The lowest BCUT2D eigenvalue weighted by molar-refractivity contribution is -0.384. The number of aliphatic carboxylic acids is 1. The third kappa shape index (κ3) is 2.46. The predicted octanol–water partition coefficient (Wildman–Crippen LogP) is 0.976. The van der Waals surface area contributed by atoms with Crippen LogP contribution in [0.3, 0.4) is 0 Å². The Morgan fingerprint density at radius 2 is 2.16 bits per heavy atom. The molecule has 1 aromatic carbocycles. The minimum absolute atomic E-state index is 0.0397. The maximum Gasteiger partial charge on any atom is 0.394 e. The van der Waals surface area contributed by atoms with E-state index >= 15 is 0 Å². The Kier molecular flexibility index (Phi) is 3.32. The molecule has 0 unspecified atom stereocenters. The zero-order valence-electron chi connectivity index (χ0n) is 9.80. The van der Waals surface area contributed by atoms with E-state index in [0.29, 0.717) is 17.7 Å². The van der Waals surface area contributed by atoms with Gasteiger partial charge >= 0.3 is 11.9 Å². The van der Waals surface area contributed by atoms with Crippen LogP contribution in [0.5, 0.6) is 0 Å². The van der Waals surface area contributed by atoms with Crippen LogP contribution in [0.25, 0.3) is 0 Å². The SMILES string of the molecule is O=C(O)C(=O)Nc1c([N+](=O)[O-])ccc2c1CCCN2. The minimum Gasteiger partial charge on any atom is -0.474 e. The number of carboxylic acid groups (broad SMARTS) is 1. The van der Waals surface area contributed by atoms with E-state index in [0.717, 1.165) is 13.0 Å². The van der Waals surface area contributed by atoms with Crippen LogP contribution in [0.15, 0.2) is 12.1 Å². The van der Waals surface area contributed by atoms with Crippen LogP contribution in [0.4, 0.5) is 17.1 Å². The third-order valence-electron chi connectivity index (χ3n) is 2.84. The van der Waals surface area contributed by atoms with Gasteiger partial charge in [-0.05, 0) is 18.9 Å². The van der Waals surface area contributed by atoms with Crippen molar-refractivity contribution in [1.29, 1.82) is 0 Å². The molecule has 1 aliphatic heterocycles. The van der Waals surface area contributed by atoms with Crippen LogP contribution in [0.1, 0.15) is 12.0 Å². The highest BCUT2D eigenvalue weighted by Crippen LogP contribution is 2.36. The Balaban J connectivity index is 2.50. The lowest BCUT2D eigenvalue weighted by atomic mass is 10.00. The highest BCUT2D eigenvalue weighted by Gasteiger charge is 2.25. The highest BCUT2D eigenvalue weighted by atomic mass is 16.6. The van der Waals surface area contributed by atoms with Gasteiger partial charge < -0.3 is 15.7 Å². The zero-order chi connectivity index (χ0) is 14.0. The molecule has 0 saturated heterocycles. The number of nitrogens with one attached hydrogen (secondary N) is 2. The van der Waals surface area contributed by atoms with Gasteiger partial charge in [0.05, 0.1) is 4.92 Å². The molecule has 0 spiro atoms. The molecular formula is C11H11N3O5. The number of fused-ring (bicyclic) bond motifs is 1. The molecule has 0 aliphatic carbocycles. The van der Waals surface area contributed by atoms with E-state index in [1.54, 1.807) is 6.07 Å². The monoisotopic (exact) mass is 265 g/mol. The Bertz CT molecular complexity index is 570. The van der Waals surface area contributed by atoms with Crippen molar-refractivity contribution in [3.8, 4) is 0 Å². The van der Waals surface area contributed by atoms with E-state index in [4.69, 9.17) is 5.11 Å². The fourth-order valence-electron chi connectivity index (χ4n) is 2.01. The Morgan fingerprint density at radius 1 is 1.42 bits per heavy atom. The summed E-state index contributed by atoms with van der Waals surface area (Å²) in [6.07, 6.45) is 1.29. The Labute approximate surface area is 107 Å².